The molecule has 1 heterocycles. The molecule has 1 aromatic heterocycles. The van der Waals surface area contributed by atoms with Crippen molar-refractivity contribution < 1.29 is 14.3 Å². The quantitative estimate of drug-likeness (QED) is 0.488. The van der Waals surface area contributed by atoms with Gasteiger partial charge in [0.25, 0.3) is 5.91 Å². The van der Waals surface area contributed by atoms with Crippen LogP contribution in [0.3, 0.4) is 0 Å². The first kappa shape index (κ1) is 16.9. The first-order chi connectivity index (χ1) is 11.0. The van der Waals surface area contributed by atoms with Crippen molar-refractivity contribution in [2.75, 3.05) is 12.4 Å². The smallest absolute Gasteiger partial charge is 0.340 e. The Labute approximate surface area is 145 Å². The molecule has 0 aliphatic carbocycles. The van der Waals surface area contributed by atoms with E-state index in [0.717, 1.165) is 10.0 Å². The molecule has 0 fully saturated rings. The van der Waals surface area contributed by atoms with E-state index in [1.807, 2.05) is 18.2 Å². The Morgan fingerprint density at radius 3 is 2.61 bits per heavy atom. The SMILES string of the molecule is COC(=O)c1ccsc1NC(=O)C(C#N)=Cc1ccc(Br)cc1. The molecule has 2 aromatic rings. The maximum atomic E-state index is 12.2. The standard InChI is InChI=1S/C16H11BrN2O3S/c1-22-16(21)13-6-7-23-15(13)19-14(20)11(9-18)8-10-2-4-12(17)5-3-10/h2-8H,1H3,(H,19,20). The minimum atomic E-state index is -0.581. The van der Waals surface area contributed by atoms with Crippen molar-refractivity contribution in [2.24, 2.45) is 0 Å². The van der Waals surface area contributed by atoms with Crippen LogP contribution in [0.25, 0.3) is 6.08 Å². The van der Waals surface area contributed by atoms with Gasteiger partial charge in [0, 0.05) is 4.47 Å². The summed E-state index contributed by atoms with van der Waals surface area (Å²) in [6, 6.07) is 10.6. The molecule has 0 radical (unpaired) electrons. The lowest BCUT2D eigenvalue weighted by molar-refractivity contribution is -0.112. The molecule has 7 heteroatoms. The van der Waals surface area contributed by atoms with Gasteiger partial charge in [0.1, 0.15) is 16.6 Å². The van der Waals surface area contributed by atoms with E-state index in [9.17, 15) is 14.9 Å². The summed E-state index contributed by atoms with van der Waals surface area (Å²) in [5, 5.41) is 13.8. The maximum absolute atomic E-state index is 12.2. The van der Waals surface area contributed by atoms with E-state index in [-0.39, 0.29) is 11.1 Å². The molecular weight excluding hydrogens is 380 g/mol. The summed E-state index contributed by atoms with van der Waals surface area (Å²) >= 11 is 4.50. The molecule has 0 saturated carbocycles. The lowest BCUT2D eigenvalue weighted by Gasteiger charge is -2.04. The fourth-order valence-corrected chi connectivity index (χ4v) is 2.76. The molecule has 0 spiro atoms. The number of benzene rings is 1. The Morgan fingerprint density at radius 1 is 1.30 bits per heavy atom. The largest absolute Gasteiger partial charge is 0.465 e. The molecule has 0 saturated heterocycles. The lowest BCUT2D eigenvalue weighted by Crippen LogP contribution is -2.15. The van der Waals surface area contributed by atoms with Gasteiger partial charge < -0.3 is 10.1 Å². The van der Waals surface area contributed by atoms with E-state index in [1.54, 1.807) is 23.6 Å². The fraction of sp³-hybridized carbons (Fsp3) is 0.0625. The molecule has 5 nitrogen and oxygen atoms in total. The van der Waals surface area contributed by atoms with Gasteiger partial charge in [-0.2, -0.15) is 5.26 Å². The number of nitrogens with one attached hydrogen (secondary N) is 1. The second kappa shape index (κ2) is 7.72. The number of amides is 1. The van der Waals surface area contributed by atoms with Gasteiger partial charge >= 0.3 is 5.97 Å². The second-order valence-electron chi connectivity index (χ2n) is 4.33. The van der Waals surface area contributed by atoms with Crippen molar-refractivity contribution in [2.45, 2.75) is 0 Å². The van der Waals surface area contributed by atoms with Crippen LogP contribution in [0.15, 0.2) is 45.8 Å². The average molecular weight is 391 g/mol. The molecule has 2 rings (SSSR count). The van der Waals surface area contributed by atoms with E-state index >= 15 is 0 Å². The Bertz CT molecular complexity index is 803. The highest BCUT2D eigenvalue weighted by Crippen LogP contribution is 2.24. The fourth-order valence-electron chi connectivity index (χ4n) is 1.72. The number of esters is 1. The predicted octanol–water partition coefficient (Wildman–Crippen LogP) is 3.84. The van der Waals surface area contributed by atoms with E-state index in [0.29, 0.717) is 5.00 Å². The monoisotopic (exact) mass is 390 g/mol. The third kappa shape index (κ3) is 4.28. The summed E-state index contributed by atoms with van der Waals surface area (Å²) in [5.74, 6) is -1.13. The van der Waals surface area contributed by atoms with Crippen molar-refractivity contribution in [3.63, 3.8) is 0 Å². The van der Waals surface area contributed by atoms with Crippen LogP contribution < -0.4 is 5.32 Å². The summed E-state index contributed by atoms with van der Waals surface area (Å²) < 4.78 is 5.54. The first-order valence-electron chi connectivity index (χ1n) is 6.39. The van der Waals surface area contributed by atoms with E-state index in [2.05, 4.69) is 26.0 Å². The topological polar surface area (TPSA) is 79.2 Å². The summed E-state index contributed by atoms with van der Waals surface area (Å²) in [4.78, 5) is 23.8. The zero-order chi connectivity index (χ0) is 16.8. The molecule has 0 aliphatic rings. The number of hydrogen-bond acceptors (Lipinski definition) is 5. The van der Waals surface area contributed by atoms with Crippen molar-refractivity contribution in [1.82, 2.24) is 0 Å². The van der Waals surface area contributed by atoms with Crippen molar-refractivity contribution in [1.29, 1.82) is 5.26 Å². The minimum absolute atomic E-state index is 0.0588. The number of carbonyl (C=O) groups is 2. The number of ether oxygens (including phenoxy) is 1. The number of methoxy groups -OCH3 is 1. The molecule has 1 amide bonds. The van der Waals surface area contributed by atoms with Crippen LogP contribution in [-0.2, 0) is 9.53 Å². The number of anilines is 1. The van der Waals surface area contributed by atoms with Crippen LogP contribution in [0.4, 0.5) is 5.00 Å². The van der Waals surface area contributed by atoms with E-state index < -0.39 is 11.9 Å². The van der Waals surface area contributed by atoms with Crippen molar-refractivity contribution in [3.8, 4) is 6.07 Å². The molecule has 0 bridgehead atoms. The molecule has 0 aliphatic heterocycles. The molecule has 116 valence electrons. The molecule has 0 unspecified atom stereocenters. The minimum Gasteiger partial charge on any atom is -0.465 e. The Morgan fingerprint density at radius 2 is 2.00 bits per heavy atom. The highest BCUT2D eigenvalue weighted by atomic mass is 79.9. The molecule has 23 heavy (non-hydrogen) atoms. The van der Waals surface area contributed by atoms with Gasteiger partial charge in [-0.15, -0.1) is 11.3 Å². The maximum Gasteiger partial charge on any atom is 0.340 e. The van der Waals surface area contributed by atoms with E-state index in [1.165, 1.54) is 24.5 Å². The predicted molar refractivity (Wildman–Crippen MR) is 92.0 cm³/mol. The summed E-state index contributed by atoms with van der Waals surface area (Å²) in [7, 11) is 1.26. The Kier molecular flexibility index (Phi) is 5.68. The van der Waals surface area contributed by atoms with Gasteiger partial charge in [-0.3, -0.25) is 4.79 Å². The zero-order valence-corrected chi connectivity index (χ0v) is 14.4. The Hall–Kier alpha value is -2.43. The number of nitriles is 1. The van der Waals surface area contributed by atoms with Gasteiger partial charge in [-0.25, -0.2) is 4.79 Å². The van der Waals surface area contributed by atoms with Gasteiger partial charge in [-0.05, 0) is 35.2 Å². The van der Waals surface area contributed by atoms with Crippen molar-refractivity contribution >= 4 is 50.2 Å². The lowest BCUT2D eigenvalue weighted by atomic mass is 10.1. The Balaban J connectivity index is 2.22. The van der Waals surface area contributed by atoms with Crippen LogP contribution in [-0.4, -0.2) is 19.0 Å². The number of carbonyl (C=O) groups excluding carboxylic acids is 2. The molecular formula is C16H11BrN2O3S. The van der Waals surface area contributed by atoms with Gasteiger partial charge in [0.05, 0.1) is 12.7 Å². The normalized spacial score (nSPS) is 10.7. The van der Waals surface area contributed by atoms with Crippen LogP contribution in [0.5, 0.6) is 0 Å². The zero-order valence-electron chi connectivity index (χ0n) is 12.0. The third-order valence-corrected chi connectivity index (χ3v) is 4.20. The van der Waals surface area contributed by atoms with Gasteiger partial charge in [0.2, 0.25) is 0 Å². The number of rotatable bonds is 4. The van der Waals surface area contributed by atoms with Crippen LogP contribution in [0, 0.1) is 11.3 Å². The van der Waals surface area contributed by atoms with E-state index in [4.69, 9.17) is 0 Å². The molecule has 1 N–H and O–H groups in total. The summed E-state index contributed by atoms with van der Waals surface area (Å²) in [6.45, 7) is 0. The summed E-state index contributed by atoms with van der Waals surface area (Å²) in [5.41, 5.74) is 0.919. The third-order valence-electron chi connectivity index (χ3n) is 2.84. The highest BCUT2D eigenvalue weighted by molar-refractivity contribution is 9.10. The average Bonchev–Trinajstić information content (AvgIpc) is 3.01. The van der Waals surface area contributed by atoms with Crippen LogP contribution in [0.1, 0.15) is 15.9 Å². The molecule has 0 atom stereocenters. The number of hydrogen-bond donors (Lipinski definition) is 1. The van der Waals surface area contributed by atoms with Gasteiger partial charge in [0.15, 0.2) is 0 Å². The highest BCUT2D eigenvalue weighted by Gasteiger charge is 2.17. The van der Waals surface area contributed by atoms with Crippen LogP contribution >= 0.6 is 27.3 Å². The van der Waals surface area contributed by atoms with Crippen molar-refractivity contribution in [3.05, 3.63) is 56.9 Å². The summed E-state index contributed by atoms with van der Waals surface area (Å²) in [6.07, 6.45) is 1.48. The van der Waals surface area contributed by atoms with Crippen LogP contribution in [0.2, 0.25) is 0 Å². The number of thiophene rings is 1. The second-order valence-corrected chi connectivity index (χ2v) is 6.16. The van der Waals surface area contributed by atoms with Gasteiger partial charge in [-0.1, -0.05) is 28.1 Å². The number of halogens is 1. The number of nitrogens with zero attached hydrogens (tertiary/aromatic N) is 1. The molecule has 1 aromatic carbocycles. The first-order valence-corrected chi connectivity index (χ1v) is 8.07.